The Morgan fingerprint density at radius 1 is 0.956 bits per heavy atom. The van der Waals surface area contributed by atoms with Crippen molar-refractivity contribution in [1.29, 1.82) is 0 Å². The third kappa shape index (κ3) is 6.89. The molecule has 5 aromatic rings. The van der Waals surface area contributed by atoms with Gasteiger partial charge >= 0.3 is 5.97 Å². The van der Waals surface area contributed by atoms with Gasteiger partial charge in [0.05, 0.1) is 22.9 Å². The van der Waals surface area contributed by atoms with E-state index in [1.165, 1.54) is 16.9 Å². The van der Waals surface area contributed by atoms with Gasteiger partial charge in [-0.25, -0.2) is 4.79 Å². The van der Waals surface area contributed by atoms with Gasteiger partial charge in [0.2, 0.25) is 5.76 Å². The van der Waals surface area contributed by atoms with Gasteiger partial charge in [-0.1, -0.05) is 42.5 Å². The average Bonchev–Trinajstić information content (AvgIpc) is 3.66. The van der Waals surface area contributed by atoms with Crippen LogP contribution in [-0.4, -0.2) is 56.1 Å². The highest BCUT2D eigenvalue weighted by Gasteiger charge is 2.26. The number of esters is 1. The number of thiophene rings is 1. The van der Waals surface area contributed by atoms with E-state index in [9.17, 15) is 9.59 Å². The van der Waals surface area contributed by atoms with Gasteiger partial charge in [-0.05, 0) is 92.0 Å². The molecule has 2 aromatic heterocycles. The second-order valence-electron chi connectivity index (χ2n) is 11.1. The highest BCUT2D eigenvalue weighted by Crippen LogP contribution is 2.39. The number of carbonyl (C=O) groups is 2. The number of nitrogens with zero attached hydrogens (tertiary/aromatic N) is 3. The zero-order valence-electron chi connectivity index (χ0n) is 25.8. The van der Waals surface area contributed by atoms with E-state index in [1.54, 1.807) is 18.9 Å². The monoisotopic (exact) mass is 639 g/mol. The number of hydrogen-bond acceptors (Lipinski definition) is 8. The number of para-hydroxylation sites is 2. The molecule has 1 aliphatic heterocycles. The number of furan rings is 1. The van der Waals surface area contributed by atoms with Crippen molar-refractivity contribution in [1.82, 2.24) is 4.90 Å². The fourth-order valence-corrected chi connectivity index (χ4v) is 7.51. The maximum Gasteiger partial charge on any atom is 0.374 e. The van der Waals surface area contributed by atoms with Gasteiger partial charge < -0.3 is 23.3 Å². The predicted molar refractivity (Wildman–Crippen MR) is 184 cm³/mol. The van der Waals surface area contributed by atoms with Crippen molar-refractivity contribution < 1.29 is 18.7 Å². The van der Waals surface area contributed by atoms with Crippen molar-refractivity contribution in [2.75, 3.05) is 48.5 Å². The first-order valence-corrected chi connectivity index (χ1v) is 16.9. The summed E-state index contributed by atoms with van der Waals surface area (Å²) in [4.78, 5) is 31.8. The summed E-state index contributed by atoms with van der Waals surface area (Å²) >= 11 is 3.20. The molecule has 1 saturated heterocycles. The van der Waals surface area contributed by atoms with Crippen LogP contribution in [0.2, 0.25) is 0 Å². The molecule has 7 nitrogen and oxygen atoms in total. The Bertz CT molecular complexity index is 1790. The molecule has 45 heavy (non-hydrogen) atoms. The lowest BCUT2D eigenvalue weighted by atomic mass is 10.1. The second kappa shape index (κ2) is 13.8. The largest absolute Gasteiger partial charge is 0.460 e. The Morgan fingerprint density at radius 2 is 1.71 bits per heavy atom. The summed E-state index contributed by atoms with van der Waals surface area (Å²) in [6.45, 7) is 9.70. The van der Waals surface area contributed by atoms with E-state index in [2.05, 4.69) is 63.8 Å². The van der Waals surface area contributed by atoms with E-state index in [0.717, 1.165) is 63.7 Å². The van der Waals surface area contributed by atoms with Gasteiger partial charge in [-0.15, -0.1) is 11.3 Å². The Morgan fingerprint density at radius 3 is 2.44 bits per heavy atom. The van der Waals surface area contributed by atoms with Crippen molar-refractivity contribution in [3.05, 3.63) is 112 Å². The maximum atomic E-state index is 13.1. The van der Waals surface area contributed by atoms with Gasteiger partial charge in [-0.2, -0.15) is 0 Å². The van der Waals surface area contributed by atoms with E-state index in [0.29, 0.717) is 25.3 Å². The Kier molecular flexibility index (Phi) is 9.47. The Hall–Kier alpha value is -4.21. The number of piperazine rings is 1. The molecule has 0 aliphatic carbocycles. The summed E-state index contributed by atoms with van der Waals surface area (Å²) in [5.41, 5.74) is 6.14. The van der Waals surface area contributed by atoms with Crippen molar-refractivity contribution >= 4 is 57.5 Å². The summed E-state index contributed by atoms with van der Waals surface area (Å²) in [6, 6.07) is 27.1. The lowest BCUT2D eigenvalue weighted by Crippen LogP contribution is -2.49. The first kappa shape index (κ1) is 30.8. The predicted octanol–water partition coefficient (Wildman–Crippen LogP) is 8.01. The van der Waals surface area contributed by atoms with Gasteiger partial charge in [0.25, 0.3) is 5.91 Å². The van der Waals surface area contributed by atoms with Gasteiger partial charge in [0, 0.05) is 48.6 Å². The van der Waals surface area contributed by atoms with Crippen LogP contribution < -0.4 is 9.21 Å². The van der Waals surface area contributed by atoms with Crippen molar-refractivity contribution in [2.24, 2.45) is 0 Å². The number of benzene rings is 3. The third-order valence-electron chi connectivity index (χ3n) is 8.03. The van der Waals surface area contributed by atoms with Crippen molar-refractivity contribution in [2.45, 2.75) is 32.1 Å². The molecule has 0 atom stereocenters. The fourth-order valence-electron chi connectivity index (χ4n) is 5.66. The van der Waals surface area contributed by atoms with Crippen LogP contribution in [0.25, 0.3) is 11.0 Å². The molecule has 232 valence electrons. The van der Waals surface area contributed by atoms with Gasteiger partial charge in [0.15, 0.2) is 0 Å². The molecular formula is C36H37N3O4S2. The topological polar surface area (TPSA) is 66.2 Å². The lowest BCUT2D eigenvalue weighted by Gasteiger charge is -2.38. The Labute approximate surface area is 272 Å². The van der Waals surface area contributed by atoms with Crippen LogP contribution in [-0.2, 0) is 11.2 Å². The van der Waals surface area contributed by atoms with Crippen LogP contribution >= 0.6 is 23.3 Å². The van der Waals surface area contributed by atoms with Crippen LogP contribution in [0.1, 0.15) is 43.8 Å². The SMILES string of the molecule is CCOC(=O)c1oc2ccc(SN(CCc3ccccc3)c3ccccc3N3CCN(C(=O)c4cc(C)cs4)CC3)cc2c1C. The van der Waals surface area contributed by atoms with Crippen LogP contribution in [0.5, 0.6) is 0 Å². The normalized spacial score (nSPS) is 13.3. The number of ether oxygens (including phenoxy) is 1. The maximum absolute atomic E-state index is 13.1. The zero-order valence-corrected chi connectivity index (χ0v) is 27.5. The molecule has 0 radical (unpaired) electrons. The average molecular weight is 640 g/mol. The van der Waals surface area contributed by atoms with Gasteiger partial charge in [-0.3, -0.25) is 4.79 Å². The van der Waals surface area contributed by atoms with Crippen LogP contribution in [0, 0.1) is 13.8 Å². The van der Waals surface area contributed by atoms with Crippen LogP contribution in [0.4, 0.5) is 11.4 Å². The second-order valence-corrected chi connectivity index (χ2v) is 13.1. The molecule has 1 amide bonds. The molecule has 0 saturated carbocycles. The number of carbonyl (C=O) groups excluding carboxylic acids is 2. The molecule has 1 fully saturated rings. The number of aryl methyl sites for hydroxylation is 2. The van der Waals surface area contributed by atoms with E-state index in [-0.39, 0.29) is 11.7 Å². The number of hydrogen-bond donors (Lipinski definition) is 0. The Balaban J connectivity index is 1.26. The first-order chi connectivity index (χ1) is 21.9. The molecular weight excluding hydrogens is 603 g/mol. The van der Waals surface area contributed by atoms with E-state index in [4.69, 9.17) is 9.15 Å². The minimum atomic E-state index is -0.439. The van der Waals surface area contributed by atoms with Crippen LogP contribution in [0.15, 0.2) is 93.6 Å². The molecule has 9 heteroatoms. The van der Waals surface area contributed by atoms with Crippen LogP contribution in [0.3, 0.4) is 0 Å². The summed E-state index contributed by atoms with van der Waals surface area (Å²) in [5, 5.41) is 2.94. The molecule has 0 unspecified atom stereocenters. The number of amides is 1. The number of anilines is 2. The lowest BCUT2D eigenvalue weighted by molar-refractivity contribution is 0.0491. The summed E-state index contributed by atoms with van der Waals surface area (Å²) in [7, 11) is 0. The van der Waals surface area contributed by atoms with Crippen molar-refractivity contribution in [3.63, 3.8) is 0 Å². The molecule has 3 heterocycles. The minimum absolute atomic E-state index is 0.122. The highest BCUT2D eigenvalue weighted by atomic mass is 32.2. The smallest absolute Gasteiger partial charge is 0.374 e. The molecule has 6 rings (SSSR count). The van der Waals surface area contributed by atoms with E-state index in [1.807, 2.05) is 48.4 Å². The molecule has 0 bridgehead atoms. The fraction of sp³-hybridized carbons (Fsp3) is 0.278. The van der Waals surface area contributed by atoms with Gasteiger partial charge in [0.1, 0.15) is 5.58 Å². The van der Waals surface area contributed by atoms with Crippen molar-refractivity contribution in [3.8, 4) is 0 Å². The van der Waals surface area contributed by atoms with E-state index >= 15 is 0 Å². The first-order valence-electron chi connectivity index (χ1n) is 15.3. The number of rotatable bonds is 10. The zero-order chi connectivity index (χ0) is 31.3. The minimum Gasteiger partial charge on any atom is -0.460 e. The number of fused-ring (bicyclic) bond motifs is 1. The summed E-state index contributed by atoms with van der Waals surface area (Å²) in [5.74, 6) is -0.0599. The molecule has 3 aromatic carbocycles. The standard InChI is InChI=1S/C36H37N3O4S2/c1-4-42-36(41)34-26(3)29-23-28(14-15-32(29)43-34)45-39(17-16-27-10-6-5-7-11-27)31-13-9-8-12-30(31)37-18-20-38(21-19-37)35(40)33-22-25(2)24-44-33/h5-15,22-24H,4,16-21H2,1-3H3. The molecule has 1 aliphatic rings. The third-order valence-corrected chi connectivity index (χ3v) is 10.1. The molecule has 0 N–H and O–H groups in total. The highest BCUT2D eigenvalue weighted by molar-refractivity contribution is 8.00. The van der Waals surface area contributed by atoms with E-state index < -0.39 is 5.97 Å². The summed E-state index contributed by atoms with van der Waals surface area (Å²) in [6.07, 6.45) is 0.880. The summed E-state index contributed by atoms with van der Waals surface area (Å²) < 4.78 is 13.5. The quantitative estimate of drug-likeness (QED) is 0.113. The molecule has 0 spiro atoms.